The minimum absolute atomic E-state index is 0.0336. The van der Waals surface area contributed by atoms with Crippen LogP contribution in [-0.2, 0) is 5.41 Å². The van der Waals surface area contributed by atoms with Crippen LogP contribution in [0, 0.1) is 5.92 Å². The summed E-state index contributed by atoms with van der Waals surface area (Å²) in [6.45, 7) is 8.48. The fourth-order valence-electron chi connectivity index (χ4n) is 2.38. The number of aliphatic hydroxyl groups excluding tert-OH is 1. The molecule has 3 rings (SSSR count). The Labute approximate surface area is 112 Å². The van der Waals surface area contributed by atoms with Gasteiger partial charge in [0.1, 0.15) is 5.52 Å². The lowest BCUT2D eigenvalue weighted by Crippen LogP contribution is -2.48. The zero-order valence-corrected chi connectivity index (χ0v) is 11.7. The van der Waals surface area contributed by atoms with Crippen molar-refractivity contribution in [2.24, 2.45) is 5.92 Å². The van der Waals surface area contributed by atoms with Crippen molar-refractivity contribution in [2.45, 2.75) is 26.2 Å². The molecule has 1 fully saturated rings. The van der Waals surface area contributed by atoms with Gasteiger partial charge in [0.15, 0.2) is 5.82 Å². The normalized spacial score (nSPS) is 16.9. The van der Waals surface area contributed by atoms with E-state index in [4.69, 9.17) is 5.11 Å². The van der Waals surface area contributed by atoms with E-state index in [-0.39, 0.29) is 12.0 Å². The fourth-order valence-corrected chi connectivity index (χ4v) is 2.38. The Balaban J connectivity index is 1.99. The third-order valence-electron chi connectivity index (χ3n) is 3.65. The van der Waals surface area contributed by atoms with Gasteiger partial charge in [-0.25, -0.2) is 9.50 Å². The van der Waals surface area contributed by atoms with Gasteiger partial charge < -0.3 is 10.0 Å². The second-order valence-electron chi connectivity index (χ2n) is 6.31. The molecule has 0 radical (unpaired) electrons. The maximum absolute atomic E-state index is 9.11. The van der Waals surface area contributed by atoms with E-state index in [1.165, 1.54) is 0 Å². The molecule has 102 valence electrons. The van der Waals surface area contributed by atoms with Crippen LogP contribution in [0.1, 0.15) is 26.5 Å². The van der Waals surface area contributed by atoms with Crippen molar-refractivity contribution in [3.63, 3.8) is 0 Å². The molecule has 0 amide bonds. The standard InChI is InChI=1S/C14H20N4O/c1-14(2,3)12-6-11-13(15-4-5-18(11)16-12)17-7-10(8-17)9-19/h4-6,10,19H,7-9H2,1-3H3. The number of nitrogens with zero attached hydrogens (tertiary/aromatic N) is 4. The topological polar surface area (TPSA) is 53.7 Å². The third-order valence-corrected chi connectivity index (χ3v) is 3.65. The summed E-state index contributed by atoms with van der Waals surface area (Å²) in [6.07, 6.45) is 3.67. The summed E-state index contributed by atoms with van der Waals surface area (Å²) in [5, 5.41) is 13.7. The molecule has 2 aromatic heterocycles. The number of hydrogen-bond acceptors (Lipinski definition) is 4. The molecular formula is C14H20N4O. The number of anilines is 1. The number of fused-ring (bicyclic) bond motifs is 1. The lowest BCUT2D eigenvalue weighted by atomic mass is 9.92. The van der Waals surface area contributed by atoms with E-state index in [2.05, 4.69) is 41.8 Å². The first-order valence-electron chi connectivity index (χ1n) is 6.69. The van der Waals surface area contributed by atoms with Crippen molar-refractivity contribution in [3.8, 4) is 0 Å². The first-order chi connectivity index (χ1) is 8.99. The monoisotopic (exact) mass is 260 g/mol. The Bertz CT molecular complexity index is 593. The van der Waals surface area contributed by atoms with Crippen molar-refractivity contribution in [3.05, 3.63) is 24.2 Å². The van der Waals surface area contributed by atoms with Gasteiger partial charge in [-0.3, -0.25) is 0 Å². The second-order valence-corrected chi connectivity index (χ2v) is 6.31. The summed E-state index contributed by atoms with van der Waals surface area (Å²) < 4.78 is 1.90. The predicted molar refractivity (Wildman–Crippen MR) is 74.5 cm³/mol. The van der Waals surface area contributed by atoms with Crippen molar-refractivity contribution in [1.29, 1.82) is 0 Å². The summed E-state index contributed by atoms with van der Waals surface area (Å²) in [5.41, 5.74) is 2.15. The predicted octanol–water partition coefficient (Wildman–Crippen LogP) is 1.46. The maximum Gasteiger partial charge on any atom is 0.154 e. The van der Waals surface area contributed by atoms with Crippen molar-refractivity contribution in [1.82, 2.24) is 14.6 Å². The van der Waals surface area contributed by atoms with Crippen LogP contribution in [0.5, 0.6) is 0 Å². The van der Waals surface area contributed by atoms with Gasteiger partial charge in [0.2, 0.25) is 0 Å². The molecule has 1 aliphatic heterocycles. The smallest absolute Gasteiger partial charge is 0.154 e. The Morgan fingerprint density at radius 2 is 2.11 bits per heavy atom. The van der Waals surface area contributed by atoms with Crippen molar-refractivity contribution < 1.29 is 5.11 Å². The average Bonchev–Trinajstić information content (AvgIpc) is 2.71. The largest absolute Gasteiger partial charge is 0.396 e. The SMILES string of the molecule is CC(C)(C)c1cc2c(N3CC(CO)C3)nccn2n1. The highest BCUT2D eigenvalue weighted by Crippen LogP contribution is 2.29. The van der Waals surface area contributed by atoms with Crippen LogP contribution in [0.15, 0.2) is 18.5 Å². The summed E-state index contributed by atoms with van der Waals surface area (Å²) in [6, 6.07) is 2.12. The van der Waals surface area contributed by atoms with Crippen LogP contribution >= 0.6 is 0 Å². The van der Waals surface area contributed by atoms with Crippen LogP contribution < -0.4 is 4.90 Å². The van der Waals surface area contributed by atoms with Gasteiger partial charge in [0.05, 0.1) is 5.69 Å². The van der Waals surface area contributed by atoms with Gasteiger partial charge in [-0.15, -0.1) is 0 Å². The average molecular weight is 260 g/mol. The summed E-state index contributed by atoms with van der Waals surface area (Å²) in [5.74, 6) is 1.35. The van der Waals surface area contributed by atoms with E-state index in [0.29, 0.717) is 5.92 Å². The summed E-state index contributed by atoms with van der Waals surface area (Å²) in [7, 11) is 0. The second kappa shape index (κ2) is 4.20. The molecule has 1 saturated heterocycles. The Morgan fingerprint density at radius 3 is 2.74 bits per heavy atom. The Hall–Kier alpha value is -1.62. The molecular weight excluding hydrogens is 240 g/mol. The summed E-state index contributed by atoms with van der Waals surface area (Å²) >= 11 is 0. The van der Waals surface area contributed by atoms with Gasteiger partial charge in [-0.1, -0.05) is 20.8 Å². The van der Waals surface area contributed by atoms with E-state index in [9.17, 15) is 0 Å². The van der Waals surface area contributed by atoms with Gasteiger partial charge in [-0.05, 0) is 6.07 Å². The van der Waals surface area contributed by atoms with Crippen molar-refractivity contribution >= 4 is 11.3 Å². The molecule has 3 heterocycles. The van der Waals surface area contributed by atoms with Gasteiger partial charge in [0.25, 0.3) is 0 Å². The lowest BCUT2D eigenvalue weighted by molar-refractivity contribution is 0.200. The van der Waals surface area contributed by atoms with Crippen molar-refractivity contribution in [2.75, 3.05) is 24.6 Å². The van der Waals surface area contributed by atoms with E-state index in [1.807, 2.05) is 10.7 Å². The molecule has 0 unspecified atom stereocenters. The number of rotatable bonds is 2. The van der Waals surface area contributed by atoms with Crippen LogP contribution in [0.4, 0.5) is 5.82 Å². The zero-order valence-electron chi connectivity index (χ0n) is 11.7. The van der Waals surface area contributed by atoms with Gasteiger partial charge in [-0.2, -0.15) is 5.10 Å². The van der Waals surface area contributed by atoms with E-state index >= 15 is 0 Å². The number of aliphatic hydroxyl groups is 1. The molecule has 19 heavy (non-hydrogen) atoms. The first-order valence-corrected chi connectivity index (χ1v) is 6.69. The van der Waals surface area contributed by atoms with Gasteiger partial charge >= 0.3 is 0 Å². The molecule has 5 heteroatoms. The van der Waals surface area contributed by atoms with Crippen LogP contribution in [-0.4, -0.2) is 39.4 Å². The van der Waals surface area contributed by atoms with E-state index in [0.717, 1.165) is 30.1 Å². The van der Waals surface area contributed by atoms with Gasteiger partial charge in [0, 0.05) is 43.4 Å². The molecule has 0 atom stereocenters. The molecule has 5 nitrogen and oxygen atoms in total. The number of hydrogen-bond donors (Lipinski definition) is 1. The lowest BCUT2D eigenvalue weighted by Gasteiger charge is -2.39. The third kappa shape index (κ3) is 2.08. The minimum atomic E-state index is 0.0336. The minimum Gasteiger partial charge on any atom is -0.396 e. The van der Waals surface area contributed by atoms with Crippen LogP contribution in [0.2, 0.25) is 0 Å². The quantitative estimate of drug-likeness (QED) is 0.888. The zero-order chi connectivity index (χ0) is 13.6. The number of aromatic nitrogens is 3. The molecule has 1 aliphatic rings. The molecule has 0 spiro atoms. The van der Waals surface area contributed by atoms with Crippen LogP contribution in [0.25, 0.3) is 5.52 Å². The highest BCUT2D eigenvalue weighted by atomic mass is 16.3. The maximum atomic E-state index is 9.11. The molecule has 0 bridgehead atoms. The van der Waals surface area contributed by atoms with Crippen LogP contribution in [0.3, 0.4) is 0 Å². The highest BCUT2D eigenvalue weighted by molar-refractivity contribution is 5.70. The van der Waals surface area contributed by atoms with E-state index < -0.39 is 0 Å². The molecule has 2 aromatic rings. The molecule has 0 aromatic carbocycles. The summed E-state index contributed by atoms with van der Waals surface area (Å²) in [4.78, 5) is 6.68. The Morgan fingerprint density at radius 1 is 1.37 bits per heavy atom. The molecule has 0 saturated carbocycles. The first kappa shape index (κ1) is 12.4. The highest BCUT2D eigenvalue weighted by Gasteiger charge is 2.29. The fraction of sp³-hybridized carbons (Fsp3) is 0.571. The molecule has 0 aliphatic carbocycles. The molecule has 1 N–H and O–H groups in total. The Kier molecular flexibility index (Phi) is 2.74. The van der Waals surface area contributed by atoms with E-state index in [1.54, 1.807) is 6.20 Å².